The lowest BCUT2D eigenvalue weighted by molar-refractivity contribution is -0.152. The van der Waals surface area contributed by atoms with Crippen molar-refractivity contribution in [3.63, 3.8) is 0 Å². The summed E-state index contributed by atoms with van der Waals surface area (Å²) < 4.78 is 11.5. The Labute approximate surface area is 210 Å². The molecule has 2 N–H and O–H groups in total. The van der Waals surface area contributed by atoms with Crippen molar-refractivity contribution in [2.75, 3.05) is 0 Å². The van der Waals surface area contributed by atoms with Crippen LogP contribution in [0.25, 0.3) is 0 Å². The van der Waals surface area contributed by atoms with Crippen LogP contribution in [-0.2, 0) is 23.9 Å². The molecule has 0 saturated heterocycles. The average Bonchev–Trinajstić information content (AvgIpc) is 3.03. The van der Waals surface area contributed by atoms with E-state index in [-0.39, 0.29) is 52.6 Å². The quantitative estimate of drug-likeness (QED) is 0.330. The molecule has 3 fully saturated rings. The van der Waals surface area contributed by atoms with Crippen molar-refractivity contribution in [2.45, 2.75) is 98.7 Å². The van der Waals surface area contributed by atoms with E-state index >= 15 is 0 Å². The minimum atomic E-state index is -0.273. The van der Waals surface area contributed by atoms with Gasteiger partial charge in [-0.2, -0.15) is 0 Å². The van der Waals surface area contributed by atoms with Gasteiger partial charge in [-0.15, -0.1) is 0 Å². The summed E-state index contributed by atoms with van der Waals surface area (Å²) in [6, 6.07) is 0. The van der Waals surface area contributed by atoms with E-state index in [1.54, 1.807) is 6.92 Å². The minimum absolute atomic E-state index is 0.00708. The van der Waals surface area contributed by atoms with Gasteiger partial charge in [0.15, 0.2) is 5.78 Å². The first-order chi connectivity index (χ1) is 16.4. The summed E-state index contributed by atoms with van der Waals surface area (Å²) in [5.41, 5.74) is 7.85. The summed E-state index contributed by atoms with van der Waals surface area (Å²) in [5.74, 6) is 0.751. The molecule has 4 aliphatic rings. The SMILES string of the molecule is CC(=O)O[C@H]1CC[C@@]2(C)C(=CC[C@H]3[C@@H]4C[C@@H](OC(C)=O)[C@H]([C@H](C)C(=O)/C=C(/C)N)[C@@]4(C)CC[C@@H]32)C1. The zero-order valence-corrected chi connectivity index (χ0v) is 22.3. The van der Waals surface area contributed by atoms with E-state index in [1.807, 2.05) is 6.92 Å². The number of carbonyl (C=O) groups is 3. The van der Waals surface area contributed by atoms with Gasteiger partial charge in [-0.3, -0.25) is 14.4 Å². The molecule has 4 aliphatic carbocycles. The second kappa shape index (κ2) is 9.40. The van der Waals surface area contributed by atoms with Crippen molar-refractivity contribution in [3.8, 4) is 0 Å². The minimum Gasteiger partial charge on any atom is -0.462 e. The van der Waals surface area contributed by atoms with Crippen LogP contribution in [0.2, 0.25) is 0 Å². The van der Waals surface area contributed by atoms with Crippen LogP contribution in [0.4, 0.5) is 0 Å². The second-order valence-corrected chi connectivity index (χ2v) is 12.3. The lowest BCUT2D eigenvalue weighted by Crippen LogP contribution is -2.51. The van der Waals surface area contributed by atoms with Crippen molar-refractivity contribution in [1.82, 2.24) is 0 Å². The van der Waals surface area contributed by atoms with Crippen LogP contribution >= 0.6 is 0 Å². The standard InChI is InChI=1S/C29H43NO5/c1-16(30)13-25(33)17(2)27-26(35-19(4)32)15-24-22-8-7-20-14-21(34-18(3)31)9-11-28(20,5)23(22)10-12-29(24,27)6/h7,13,17,21-24,26-27H,8-12,14-15,30H2,1-6H3/b16-13-/t17-,21+,22-,23+,24+,26-,27+,28+,29+/m1/s1. The van der Waals surface area contributed by atoms with Gasteiger partial charge in [0.1, 0.15) is 12.2 Å². The van der Waals surface area contributed by atoms with Gasteiger partial charge < -0.3 is 15.2 Å². The maximum absolute atomic E-state index is 13.1. The molecule has 0 aliphatic heterocycles. The second-order valence-electron chi connectivity index (χ2n) is 12.3. The van der Waals surface area contributed by atoms with Gasteiger partial charge in [-0.05, 0) is 80.1 Å². The topological polar surface area (TPSA) is 95.7 Å². The molecule has 0 bridgehead atoms. The number of fused-ring (bicyclic) bond motifs is 5. The molecule has 0 amide bonds. The van der Waals surface area contributed by atoms with Crippen molar-refractivity contribution in [3.05, 3.63) is 23.4 Å². The van der Waals surface area contributed by atoms with E-state index in [1.165, 1.54) is 25.5 Å². The first kappa shape index (κ1) is 26.0. The normalized spacial score (nSPS) is 41.5. The summed E-state index contributed by atoms with van der Waals surface area (Å²) in [5, 5.41) is 0. The fourth-order valence-corrected chi connectivity index (χ4v) is 8.75. The molecule has 0 heterocycles. The zero-order chi connectivity index (χ0) is 25.7. The van der Waals surface area contributed by atoms with E-state index in [9.17, 15) is 14.4 Å². The molecule has 0 unspecified atom stereocenters. The number of esters is 2. The largest absolute Gasteiger partial charge is 0.462 e. The van der Waals surface area contributed by atoms with Gasteiger partial charge in [0.25, 0.3) is 0 Å². The summed E-state index contributed by atoms with van der Waals surface area (Å²) in [6.45, 7) is 11.4. The van der Waals surface area contributed by atoms with Crippen LogP contribution in [0.5, 0.6) is 0 Å². The van der Waals surface area contributed by atoms with Crippen LogP contribution in [0, 0.1) is 40.4 Å². The van der Waals surface area contributed by atoms with Crippen LogP contribution < -0.4 is 5.73 Å². The lowest BCUT2D eigenvalue weighted by atomic mass is 9.47. The van der Waals surface area contributed by atoms with Gasteiger partial charge in [-0.25, -0.2) is 0 Å². The monoisotopic (exact) mass is 485 g/mol. The average molecular weight is 486 g/mol. The molecule has 194 valence electrons. The van der Waals surface area contributed by atoms with E-state index in [0.717, 1.165) is 44.9 Å². The Morgan fingerprint density at radius 1 is 1.06 bits per heavy atom. The molecule has 0 aromatic rings. The Morgan fingerprint density at radius 3 is 2.37 bits per heavy atom. The van der Waals surface area contributed by atoms with Crippen molar-refractivity contribution in [1.29, 1.82) is 0 Å². The molecule has 6 heteroatoms. The summed E-state index contributed by atoms with van der Waals surface area (Å²) in [7, 11) is 0. The Kier molecular flexibility index (Phi) is 6.98. The maximum atomic E-state index is 13.1. The van der Waals surface area contributed by atoms with E-state index < -0.39 is 0 Å². The molecular formula is C29H43NO5. The van der Waals surface area contributed by atoms with E-state index in [4.69, 9.17) is 15.2 Å². The van der Waals surface area contributed by atoms with Crippen LogP contribution in [0.3, 0.4) is 0 Å². The molecular weight excluding hydrogens is 442 g/mol. The third-order valence-electron chi connectivity index (χ3n) is 10.2. The first-order valence-corrected chi connectivity index (χ1v) is 13.4. The fourth-order valence-electron chi connectivity index (χ4n) is 8.75. The lowest BCUT2D eigenvalue weighted by Gasteiger charge is -2.58. The summed E-state index contributed by atoms with van der Waals surface area (Å²) in [4.78, 5) is 36.7. The van der Waals surface area contributed by atoms with Gasteiger partial charge in [0.2, 0.25) is 0 Å². The van der Waals surface area contributed by atoms with Crippen LogP contribution in [-0.4, -0.2) is 29.9 Å². The van der Waals surface area contributed by atoms with Gasteiger partial charge in [-0.1, -0.05) is 32.4 Å². The number of rotatable bonds is 5. The number of carbonyl (C=O) groups excluding carboxylic acids is 3. The molecule has 3 saturated carbocycles. The van der Waals surface area contributed by atoms with Crippen molar-refractivity contribution < 1.29 is 23.9 Å². The maximum Gasteiger partial charge on any atom is 0.302 e. The van der Waals surface area contributed by atoms with Gasteiger partial charge in [0, 0.05) is 37.8 Å². The number of hydrogen-bond acceptors (Lipinski definition) is 6. The number of ketones is 1. The summed E-state index contributed by atoms with van der Waals surface area (Å²) >= 11 is 0. The van der Waals surface area contributed by atoms with Crippen molar-refractivity contribution >= 4 is 17.7 Å². The molecule has 35 heavy (non-hydrogen) atoms. The third kappa shape index (κ3) is 4.58. The number of hydrogen-bond donors (Lipinski definition) is 1. The molecule has 0 aromatic heterocycles. The first-order valence-electron chi connectivity index (χ1n) is 13.4. The molecule has 0 radical (unpaired) electrons. The molecule has 6 nitrogen and oxygen atoms in total. The van der Waals surface area contributed by atoms with E-state index in [2.05, 4.69) is 19.9 Å². The highest BCUT2D eigenvalue weighted by Gasteiger charge is 2.63. The zero-order valence-electron chi connectivity index (χ0n) is 22.3. The fraction of sp³-hybridized carbons (Fsp3) is 0.759. The van der Waals surface area contributed by atoms with Crippen molar-refractivity contribution in [2.24, 2.45) is 46.2 Å². The summed E-state index contributed by atoms with van der Waals surface area (Å²) in [6.07, 6.45) is 10.5. The number of ether oxygens (including phenoxy) is 2. The predicted molar refractivity (Wildman–Crippen MR) is 134 cm³/mol. The molecule has 0 aromatic carbocycles. The van der Waals surface area contributed by atoms with Crippen LogP contribution in [0.15, 0.2) is 23.4 Å². The highest BCUT2D eigenvalue weighted by Crippen LogP contribution is 2.67. The Balaban J connectivity index is 1.64. The molecule has 9 atom stereocenters. The third-order valence-corrected chi connectivity index (χ3v) is 10.2. The number of allylic oxidation sites excluding steroid dienone is 3. The highest BCUT2D eigenvalue weighted by molar-refractivity contribution is 5.92. The Hall–Kier alpha value is -2.11. The number of nitrogens with two attached hydrogens (primary N) is 1. The predicted octanol–water partition coefficient (Wildman–Crippen LogP) is 5.11. The Morgan fingerprint density at radius 2 is 1.74 bits per heavy atom. The smallest absolute Gasteiger partial charge is 0.302 e. The Bertz CT molecular complexity index is 949. The molecule has 0 spiro atoms. The van der Waals surface area contributed by atoms with Gasteiger partial charge in [0.05, 0.1) is 0 Å². The highest BCUT2D eigenvalue weighted by atomic mass is 16.5. The van der Waals surface area contributed by atoms with E-state index in [0.29, 0.717) is 23.5 Å². The van der Waals surface area contributed by atoms with Crippen LogP contribution in [0.1, 0.15) is 86.5 Å². The van der Waals surface area contributed by atoms with Gasteiger partial charge >= 0.3 is 11.9 Å². The molecule has 4 rings (SSSR count).